The predicted octanol–water partition coefficient (Wildman–Crippen LogP) is 0.700. The Balaban J connectivity index is 2.31. The maximum atomic E-state index is 11.0. The van der Waals surface area contributed by atoms with Crippen LogP contribution in [0, 0.1) is 0 Å². The quantitative estimate of drug-likeness (QED) is 0.714. The van der Waals surface area contributed by atoms with Gasteiger partial charge in [0.15, 0.2) is 11.5 Å². The lowest BCUT2D eigenvalue weighted by atomic mass is 10.2. The summed E-state index contributed by atoms with van der Waals surface area (Å²) < 4.78 is 10.9. The van der Waals surface area contributed by atoms with E-state index in [0.717, 1.165) is 0 Å². The number of nitrogens with two attached hydrogens (primary N) is 1. The highest BCUT2D eigenvalue weighted by Crippen LogP contribution is 2.33. The largest absolute Gasteiger partial charge is 0.482 e. The van der Waals surface area contributed by atoms with Gasteiger partial charge in [0, 0.05) is 0 Å². The van der Waals surface area contributed by atoms with Gasteiger partial charge in [-0.1, -0.05) is 12.1 Å². The topological polar surface area (TPSA) is 61.6 Å². The molecule has 2 rings (SSSR count). The summed E-state index contributed by atoms with van der Waals surface area (Å²) in [6, 6.07) is 7.20. The smallest absolute Gasteiger partial charge is 0.262 e. The second-order valence-electron chi connectivity index (χ2n) is 3.21. The molecule has 1 aromatic carbocycles. The zero-order valence-corrected chi connectivity index (χ0v) is 7.77. The number of benzene rings is 1. The van der Waals surface area contributed by atoms with Crippen LogP contribution >= 0.6 is 0 Å². The lowest BCUT2D eigenvalue weighted by Gasteiger charge is -2.29. The monoisotopic (exact) mass is 193 g/mol. The summed E-state index contributed by atoms with van der Waals surface area (Å²) in [5, 5.41) is 0. The highest BCUT2D eigenvalue weighted by atomic mass is 16.6. The molecule has 2 atom stereocenters. The Labute approximate surface area is 81.6 Å². The van der Waals surface area contributed by atoms with Gasteiger partial charge in [0.25, 0.3) is 5.91 Å². The third-order valence-corrected chi connectivity index (χ3v) is 2.12. The highest BCUT2D eigenvalue weighted by molar-refractivity contribution is 5.80. The fourth-order valence-corrected chi connectivity index (χ4v) is 1.43. The number of hydrogen-bond acceptors (Lipinski definition) is 3. The molecule has 0 saturated heterocycles. The van der Waals surface area contributed by atoms with E-state index in [1.807, 2.05) is 12.1 Å². The first-order valence-corrected chi connectivity index (χ1v) is 4.40. The second-order valence-corrected chi connectivity index (χ2v) is 3.21. The first-order chi connectivity index (χ1) is 6.68. The van der Waals surface area contributed by atoms with Crippen molar-refractivity contribution < 1.29 is 14.3 Å². The number of ether oxygens (including phenoxy) is 2. The standard InChI is InChI=1S/C10H11NO3/c1-6-9(10(11)12)14-8-5-3-2-4-7(8)13-6/h2-6,9H,1H3,(H2,11,12)/t6-,9+/m0/s1. The molecular weight excluding hydrogens is 182 g/mol. The van der Waals surface area contributed by atoms with Gasteiger partial charge >= 0.3 is 0 Å². The van der Waals surface area contributed by atoms with Crippen molar-refractivity contribution in [2.75, 3.05) is 0 Å². The molecule has 1 aliphatic rings. The number of amides is 1. The molecule has 0 radical (unpaired) electrons. The van der Waals surface area contributed by atoms with Gasteiger partial charge in [0.05, 0.1) is 0 Å². The minimum Gasteiger partial charge on any atom is -0.482 e. The van der Waals surface area contributed by atoms with Crippen LogP contribution in [-0.4, -0.2) is 18.1 Å². The second kappa shape index (κ2) is 3.21. The number of hydrogen-bond donors (Lipinski definition) is 1. The third kappa shape index (κ3) is 1.39. The normalized spacial score (nSPS) is 24.4. The SMILES string of the molecule is C[C@@H]1Oc2ccccc2O[C@H]1C(N)=O. The van der Waals surface area contributed by atoms with E-state index in [0.29, 0.717) is 11.5 Å². The summed E-state index contributed by atoms with van der Waals surface area (Å²) in [6.07, 6.45) is -1.05. The first kappa shape index (κ1) is 8.87. The molecule has 1 aliphatic heterocycles. The first-order valence-electron chi connectivity index (χ1n) is 4.40. The highest BCUT2D eigenvalue weighted by Gasteiger charge is 2.32. The molecule has 0 unspecified atom stereocenters. The summed E-state index contributed by atoms with van der Waals surface area (Å²) in [5.41, 5.74) is 5.17. The van der Waals surface area contributed by atoms with Crippen LogP contribution in [0.1, 0.15) is 6.92 Å². The molecule has 1 aromatic rings. The molecule has 0 fully saturated rings. The van der Waals surface area contributed by atoms with Crippen LogP contribution in [0.5, 0.6) is 11.5 Å². The van der Waals surface area contributed by atoms with Crippen molar-refractivity contribution in [1.29, 1.82) is 0 Å². The Morgan fingerprint density at radius 2 is 1.86 bits per heavy atom. The Bertz CT molecular complexity index is 364. The van der Waals surface area contributed by atoms with Gasteiger partial charge in [0.2, 0.25) is 6.10 Å². The predicted molar refractivity (Wildman–Crippen MR) is 50.1 cm³/mol. The molecule has 0 aromatic heterocycles. The summed E-state index contributed by atoms with van der Waals surface area (Å²) in [6.45, 7) is 1.76. The van der Waals surface area contributed by atoms with Crippen molar-refractivity contribution in [3.63, 3.8) is 0 Å². The average molecular weight is 193 g/mol. The Hall–Kier alpha value is -1.71. The van der Waals surface area contributed by atoms with Crippen LogP contribution in [0.15, 0.2) is 24.3 Å². The molecule has 14 heavy (non-hydrogen) atoms. The van der Waals surface area contributed by atoms with Crippen molar-refractivity contribution in [3.8, 4) is 11.5 Å². The van der Waals surface area contributed by atoms with Crippen LogP contribution in [-0.2, 0) is 4.79 Å². The summed E-state index contributed by atoms with van der Waals surface area (Å²) in [7, 11) is 0. The fourth-order valence-electron chi connectivity index (χ4n) is 1.43. The maximum absolute atomic E-state index is 11.0. The van der Waals surface area contributed by atoms with Crippen molar-refractivity contribution >= 4 is 5.91 Å². The van der Waals surface area contributed by atoms with Gasteiger partial charge in [-0.15, -0.1) is 0 Å². The number of fused-ring (bicyclic) bond motifs is 1. The molecule has 0 spiro atoms. The zero-order valence-electron chi connectivity index (χ0n) is 7.77. The summed E-state index contributed by atoms with van der Waals surface area (Å²) >= 11 is 0. The zero-order chi connectivity index (χ0) is 10.1. The molecule has 4 nitrogen and oxygen atoms in total. The number of carbonyl (C=O) groups is 1. The summed E-state index contributed by atoms with van der Waals surface area (Å²) in [4.78, 5) is 11.0. The van der Waals surface area contributed by atoms with Gasteiger partial charge in [0.1, 0.15) is 6.10 Å². The van der Waals surface area contributed by atoms with Gasteiger partial charge in [-0.05, 0) is 19.1 Å². The molecule has 1 amide bonds. The van der Waals surface area contributed by atoms with Crippen LogP contribution in [0.3, 0.4) is 0 Å². The fraction of sp³-hybridized carbons (Fsp3) is 0.300. The van der Waals surface area contributed by atoms with E-state index >= 15 is 0 Å². The molecule has 0 aliphatic carbocycles. The summed E-state index contributed by atoms with van der Waals surface area (Å²) in [5.74, 6) is 0.707. The number of para-hydroxylation sites is 2. The van der Waals surface area contributed by atoms with E-state index in [9.17, 15) is 4.79 Å². The van der Waals surface area contributed by atoms with Crippen LogP contribution in [0.25, 0.3) is 0 Å². The Kier molecular flexibility index (Phi) is 2.04. The van der Waals surface area contributed by atoms with Gasteiger partial charge < -0.3 is 15.2 Å². The van der Waals surface area contributed by atoms with E-state index < -0.39 is 12.0 Å². The maximum Gasteiger partial charge on any atom is 0.262 e. The van der Waals surface area contributed by atoms with E-state index in [1.165, 1.54) is 0 Å². The lowest BCUT2D eigenvalue weighted by molar-refractivity contribution is -0.130. The number of carbonyl (C=O) groups excluding carboxylic acids is 1. The van der Waals surface area contributed by atoms with Crippen LogP contribution < -0.4 is 15.2 Å². The third-order valence-electron chi connectivity index (χ3n) is 2.12. The van der Waals surface area contributed by atoms with Crippen molar-refractivity contribution in [3.05, 3.63) is 24.3 Å². The molecule has 1 heterocycles. The van der Waals surface area contributed by atoms with E-state index in [2.05, 4.69) is 0 Å². The lowest BCUT2D eigenvalue weighted by Crippen LogP contribution is -2.46. The van der Waals surface area contributed by atoms with Crippen molar-refractivity contribution in [2.45, 2.75) is 19.1 Å². The van der Waals surface area contributed by atoms with Crippen molar-refractivity contribution in [1.82, 2.24) is 0 Å². The van der Waals surface area contributed by atoms with E-state index in [4.69, 9.17) is 15.2 Å². The van der Waals surface area contributed by atoms with Crippen molar-refractivity contribution in [2.24, 2.45) is 5.73 Å². The molecule has 74 valence electrons. The molecular formula is C10H11NO3. The van der Waals surface area contributed by atoms with Gasteiger partial charge in [-0.3, -0.25) is 4.79 Å². The van der Waals surface area contributed by atoms with Gasteiger partial charge in [-0.25, -0.2) is 0 Å². The molecule has 4 heteroatoms. The number of rotatable bonds is 1. The van der Waals surface area contributed by atoms with E-state index in [1.54, 1.807) is 19.1 Å². The van der Waals surface area contributed by atoms with Crippen LogP contribution in [0.2, 0.25) is 0 Å². The van der Waals surface area contributed by atoms with Crippen LogP contribution in [0.4, 0.5) is 0 Å². The Morgan fingerprint density at radius 1 is 1.29 bits per heavy atom. The van der Waals surface area contributed by atoms with Gasteiger partial charge in [-0.2, -0.15) is 0 Å². The number of primary amides is 1. The molecule has 0 saturated carbocycles. The average Bonchev–Trinajstić information content (AvgIpc) is 2.16. The van der Waals surface area contributed by atoms with E-state index in [-0.39, 0.29) is 6.10 Å². The minimum atomic E-state index is -0.704. The molecule has 0 bridgehead atoms. The molecule has 2 N–H and O–H groups in total. The Morgan fingerprint density at radius 3 is 2.43 bits per heavy atom. The minimum absolute atomic E-state index is 0.345.